The average Bonchev–Trinajstić information content (AvgIpc) is 3.30. The van der Waals surface area contributed by atoms with E-state index in [0.29, 0.717) is 43.0 Å². The minimum absolute atomic E-state index is 0.130. The first-order valence-corrected chi connectivity index (χ1v) is 11.1. The summed E-state index contributed by atoms with van der Waals surface area (Å²) in [5.41, 5.74) is 1.61. The normalized spacial score (nSPS) is 18.4. The van der Waals surface area contributed by atoms with Gasteiger partial charge in [-0.1, -0.05) is 6.42 Å². The molecule has 1 amide bonds. The number of piperidine rings is 1. The summed E-state index contributed by atoms with van der Waals surface area (Å²) in [5.74, 6) is -0.130. The highest BCUT2D eigenvalue weighted by atomic mass is 32.2. The molecule has 28 heavy (non-hydrogen) atoms. The number of aryl methyl sites for hydroxylation is 1. The Hall–Kier alpha value is -2.20. The van der Waals surface area contributed by atoms with Crippen molar-refractivity contribution >= 4 is 15.9 Å². The number of aromatic nitrogens is 4. The Kier molecular flexibility index (Phi) is 5.90. The largest absolute Gasteiger partial charge is 0.339 e. The zero-order chi connectivity index (χ0) is 20.5. The van der Waals surface area contributed by atoms with E-state index in [1.54, 1.807) is 23.6 Å². The highest BCUT2D eigenvalue weighted by Gasteiger charge is 2.39. The van der Waals surface area contributed by atoms with Gasteiger partial charge >= 0.3 is 0 Å². The van der Waals surface area contributed by atoms with Crippen LogP contribution in [0.2, 0.25) is 0 Å². The summed E-state index contributed by atoms with van der Waals surface area (Å²) in [7, 11) is -2.02. The third-order valence-electron chi connectivity index (χ3n) is 5.51. The number of H-pyrrole nitrogens is 1. The van der Waals surface area contributed by atoms with Crippen LogP contribution in [0.25, 0.3) is 0 Å². The number of hydrogen-bond acceptors (Lipinski definition) is 5. The van der Waals surface area contributed by atoms with Crippen molar-refractivity contribution in [2.45, 2.75) is 51.0 Å². The van der Waals surface area contributed by atoms with Crippen LogP contribution in [0, 0.1) is 6.92 Å². The fourth-order valence-corrected chi connectivity index (χ4v) is 5.59. The molecule has 2 aromatic heterocycles. The van der Waals surface area contributed by atoms with Gasteiger partial charge in [-0.2, -0.15) is 14.5 Å². The second-order valence-corrected chi connectivity index (χ2v) is 8.88. The van der Waals surface area contributed by atoms with Crippen molar-refractivity contribution in [3.63, 3.8) is 0 Å². The van der Waals surface area contributed by atoms with Gasteiger partial charge in [0.25, 0.3) is 5.91 Å². The van der Waals surface area contributed by atoms with E-state index < -0.39 is 16.1 Å². The molecule has 10 heteroatoms. The molecule has 0 bridgehead atoms. The Balaban J connectivity index is 2.01. The first-order valence-electron chi connectivity index (χ1n) is 9.65. The van der Waals surface area contributed by atoms with Crippen LogP contribution in [0.1, 0.15) is 60.9 Å². The van der Waals surface area contributed by atoms with E-state index >= 15 is 0 Å². The highest BCUT2D eigenvalue weighted by Crippen LogP contribution is 2.36. The predicted octanol–water partition coefficient (Wildman–Crippen LogP) is 1.85. The number of sulfonamides is 1. The third kappa shape index (κ3) is 3.46. The Morgan fingerprint density at radius 2 is 2.00 bits per heavy atom. The quantitative estimate of drug-likeness (QED) is 0.785. The molecule has 1 N–H and O–H groups in total. The molecule has 0 radical (unpaired) electrons. The van der Waals surface area contributed by atoms with Crippen LogP contribution in [-0.4, -0.2) is 63.1 Å². The first kappa shape index (κ1) is 20.5. The van der Waals surface area contributed by atoms with E-state index in [9.17, 15) is 13.2 Å². The molecule has 0 aromatic carbocycles. The third-order valence-corrected chi connectivity index (χ3v) is 7.52. The van der Waals surface area contributed by atoms with Crippen LogP contribution in [0.15, 0.2) is 17.3 Å². The van der Waals surface area contributed by atoms with Gasteiger partial charge in [0.05, 0.1) is 35.4 Å². The summed E-state index contributed by atoms with van der Waals surface area (Å²) in [4.78, 5) is 14.8. The molecule has 2 aromatic rings. The molecule has 1 fully saturated rings. The molecule has 1 saturated heterocycles. The van der Waals surface area contributed by atoms with Crippen LogP contribution >= 0.6 is 0 Å². The molecule has 1 aliphatic heterocycles. The van der Waals surface area contributed by atoms with E-state index in [2.05, 4.69) is 15.3 Å². The SMILES string of the molecule is CCN(CC)C(=O)c1cn[nH]c1[C@H]1CCCCN1S(=O)(=O)c1cnn(C)c1C. The molecular weight excluding hydrogens is 380 g/mol. The van der Waals surface area contributed by atoms with Crippen LogP contribution in [0.4, 0.5) is 0 Å². The molecule has 0 saturated carbocycles. The van der Waals surface area contributed by atoms with Crippen LogP contribution in [0.3, 0.4) is 0 Å². The Labute approximate surface area is 165 Å². The summed E-state index contributed by atoms with van der Waals surface area (Å²) in [6.07, 6.45) is 5.21. The second-order valence-electron chi connectivity index (χ2n) is 7.02. The van der Waals surface area contributed by atoms with E-state index in [0.717, 1.165) is 12.8 Å². The van der Waals surface area contributed by atoms with Gasteiger partial charge in [0, 0.05) is 26.7 Å². The van der Waals surface area contributed by atoms with Crippen molar-refractivity contribution in [1.29, 1.82) is 0 Å². The number of hydrogen-bond donors (Lipinski definition) is 1. The van der Waals surface area contributed by atoms with E-state index in [4.69, 9.17) is 0 Å². The molecule has 0 spiro atoms. The maximum Gasteiger partial charge on any atom is 0.257 e. The molecule has 3 rings (SSSR count). The van der Waals surface area contributed by atoms with Crippen molar-refractivity contribution in [2.75, 3.05) is 19.6 Å². The lowest BCUT2D eigenvalue weighted by atomic mass is 9.99. The van der Waals surface area contributed by atoms with Crippen molar-refractivity contribution in [1.82, 2.24) is 29.2 Å². The summed E-state index contributed by atoms with van der Waals surface area (Å²) in [5, 5.41) is 11.1. The minimum atomic E-state index is -3.74. The Bertz CT molecular complexity index is 944. The maximum absolute atomic E-state index is 13.4. The van der Waals surface area contributed by atoms with E-state index in [1.807, 2.05) is 13.8 Å². The lowest BCUT2D eigenvalue weighted by Gasteiger charge is -2.34. The van der Waals surface area contributed by atoms with Crippen LogP contribution in [-0.2, 0) is 17.1 Å². The van der Waals surface area contributed by atoms with Crippen LogP contribution < -0.4 is 0 Å². The molecule has 154 valence electrons. The number of nitrogens with one attached hydrogen (secondary N) is 1. The number of nitrogens with zero attached hydrogens (tertiary/aromatic N) is 5. The number of aromatic amines is 1. The van der Waals surface area contributed by atoms with E-state index in [1.165, 1.54) is 16.7 Å². The van der Waals surface area contributed by atoms with Gasteiger partial charge in [-0.15, -0.1) is 0 Å². The minimum Gasteiger partial charge on any atom is -0.339 e. The summed E-state index contributed by atoms with van der Waals surface area (Å²) < 4.78 is 29.8. The molecule has 1 aliphatic rings. The highest BCUT2D eigenvalue weighted by molar-refractivity contribution is 7.89. The molecule has 0 unspecified atom stereocenters. The average molecular weight is 409 g/mol. The number of carbonyl (C=O) groups is 1. The zero-order valence-corrected chi connectivity index (χ0v) is 17.7. The lowest BCUT2D eigenvalue weighted by Crippen LogP contribution is -2.40. The fraction of sp³-hybridized carbons (Fsp3) is 0.611. The molecular formula is C18H28N6O3S. The molecule has 1 atom stereocenters. The first-order chi connectivity index (χ1) is 13.3. The predicted molar refractivity (Wildman–Crippen MR) is 104 cm³/mol. The Morgan fingerprint density at radius 3 is 2.61 bits per heavy atom. The van der Waals surface area contributed by atoms with Gasteiger partial charge in [-0.3, -0.25) is 14.6 Å². The topological polar surface area (TPSA) is 104 Å². The maximum atomic E-state index is 13.4. The summed E-state index contributed by atoms with van der Waals surface area (Å²) >= 11 is 0. The number of carbonyl (C=O) groups excluding carboxylic acids is 1. The van der Waals surface area contributed by atoms with Crippen molar-refractivity contribution in [3.05, 3.63) is 29.3 Å². The number of rotatable bonds is 6. The zero-order valence-electron chi connectivity index (χ0n) is 16.8. The van der Waals surface area contributed by atoms with Gasteiger partial charge in [-0.25, -0.2) is 8.42 Å². The fourth-order valence-electron chi connectivity index (χ4n) is 3.74. The van der Waals surface area contributed by atoms with Gasteiger partial charge in [0.15, 0.2) is 0 Å². The Morgan fingerprint density at radius 1 is 1.29 bits per heavy atom. The molecule has 0 aliphatic carbocycles. The molecule has 9 nitrogen and oxygen atoms in total. The van der Waals surface area contributed by atoms with Crippen molar-refractivity contribution in [3.8, 4) is 0 Å². The van der Waals surface area contributed by atoms with Crippen LogP contribution in [0.5, 0.6) is 0 Å². The van der Waals surface area contributed by atoms with Crippen molar-refractivity contribution in [2.24, 2.45) is 7.05 Å². The van der Waals surface area contributed by atoms with Gasteiger partial charge in [0.1, 0.15) is 4.90 Å². The van der Waals surface area contributed by atoms with E-state index in [-0.39, 0.29) is 10.8 Å². The monoisotopic (exact) mass is 408 g/mol. The molecule has 3 heterocycles. The second kappa shape index (κ2) is 8.04. The summed E-state index contributed by atoms with van der Waals surface area (Å²) in [6.45, 7) is 7.15. The summed E-state index contributed by atoms with van der Waals surface area (Å²) in [6, 6.07) is -0.449. The lowest BCUT2D eigenvalue weighted by molar-refractivity contribution is 0.0769. The van der Waals surface area contributed by atoms with Gasteiger partial charge in [0.2, 0.25) is 10.0 Å². The van der Waals surface area contributed by atoms with Gasteiger partial charge in [-0.05, 0) is 33.6 Å². The smallest absolute Gasteiger partial charge is 0.257 e. The van der Waals surface area contributed by atoms with Gasteiger partial charge < -0.3 is 4.90 Å². The standard InChI is InChI=1S/C18H28N6O3S/c1-5-23(6-2)18(25)14-11-19-21-17(14)15-9-7-8-10-24(15)28(26,27)16-12-20-22(4)13(16)3/h11-12,15H,5-10H2,1-4H3,(H,19,21)/t15-/m1/s1. The van der Waals surface area contributed by atoms with Crippen molar-refractivity contribution < 1.29 is 13.2 Å². The number of amides is 1.